The average molecular weight is 257 g/mol. The largest absolute Gasteiger partial charge is 0.334 e. The summed E-state index contributed by atoms with van der Waals surface area (Å²) in [7, 11) is 1.52. The van der Waals surface area contributed by atoms with Crippen LogP contribution < -0.4 is 0 Å². The van der Waals surface area contributed by atoms with Gasteiger partial charge in [0.2, 0.25) is 5.82 Å². The number of rotatable bonds is 2. The molecule has 0 aromatic carbocycles. The first-order valence-corrected chi connectivity index (χ1v) is 5.07. The maximum absolute atomic E-state index is 11.1. The number of aromatic nitrogens is 4. The Kier molecular flexibility index (Phi) is 2.73. The first-order chi connectivity index (χ1) is 9.01. The summed E-state index contributed by atoms with van der Waals surface area (Å²) in [4.78, 5) is 14.2. The highest BCUT2D eigenvalue weighted by molar-refractivity contribution is 5.54. The molecule has 2 aromatic rings. The Morgan fingerprint density at radius 3 is 2.63 bits per heavy atom. The SMILES string of the molecule is Cc1nn(C)c(-n2cnc(C#N)c2C#N)c1[N+](=O)[O-]. The molecule has 0 amide bonds. The summed E-state index contributed by atoms with van der Waals surface area (Å²) in [5, 5.41) is 32.9. The molecule has 9 nitrogen and oxygen atoms in total. The summed E-state index contributed by atoms with van der Waals surface area (Å²) >= 11 is 0. The number of nitrogens with zero attached hydrogens (tertiary/aromatic N) is 7. The Hall–Kier alpha value is -3.20. The molecule has 0 radical (unpaired) electrons. The molecule has 0 unspecified atom stereocenters. The third kappa shape index (κ3) is 1.70. The topological polar surface area (TPSA) is 126 Å². The monoisotopic (exact) mass is 257 g/mol. The van der Waals surface area contributed by atoms with E-state index in [9.17, 15) is 10.1 Å². The molecule has 19 heavy (non-hydrogen) atoms. The molecule has 0 aliphatic rings. The summed E-state index contributed by atoms with van der Waals surface area (Å²) in [5.41, 5.74) is -0.149. The summed E-state index contributed by atoms with van der Waals surface area (Å²) in [6.07, 6.45) is 1.20. The Labute approximate surface area is 107 Å². The van der Waals surface area contributed by atoms with Crippen molar-refractivity contribution in [1.29, 1.82) is 10.5 Å². The van der Waals surface area contributed by atoms with Crippen molar-refractivity contribution in [2.24, 2.45) is 7.05 Å². The van der Waals surface area contributed by atoms with E-state index in [1.165, 1.54) is 29.5 Å². The predicted octanol–water partition coefficient (Wildman–Crippen LogP) is 0.566. The van der Waals surface area contributed by atoms with Gasteiger partial charge in [0, 0.05) is 7.05 Å². The van der Waals surface area contributed by atoms with Crippen LogP contribution >= 0.6 is 0 Å². The van der Waals surface area contributed by atoms with E-state index < -0.39 is 4.92 Å². The lowest BCUT2D eigenvalue weighted by atomic mass is 10.3. The van der Waals surface area contributed by atoms with E-state index in [-0.39, 0.29) is 28.6 Å². The van der Waals surface area contributed by atoms with E-state index in [1.54, 1.807) is 6.07 Å². The fourth-order valence-electron chi connectivity index (χ4n) is 1.82. The number of nitro groups is 1. The molecule has 0 aliphatic carbocycles. The van der Waals surface area contributed by atoms with Crippen molar-refractivity contribution in [1.82, 2.24) is 19.3 Å². The van der Waals surface area contributed by atoms with Gasteiger partial charge in [0.1, 0.15) is 24.2 Å². The third-order valence-electron chi connectivity index (χ3n) is 2.55. The minimum Gasteiger partial charge on any atom is -0.267 e. The van der Waals surface area contributed by atoms with Gasteiger partial charge in [0.15, 0.2) is 11.4 Å². The highest BCUT2D eigenvalue weighted by Crippen LogP contribution is 2.27. The molecule has 9 heteroatoms. The van der Waals surface area contributed by atoms with Crippen molar-refractivity contribution in [2.45, 2.75) is 6.92 Å². The zero-order valence-electron chi connectivity index (χ0n) is 10.0. The van der Waals surface area contributed by atoms with Crippen molar-refractivity contribution in [2.75, 3.05) is 0 Å². The molecule has 0 fully saturated rings. The zero-order chi connectivity index (χ0) is 14.2. The van der Waals surface area contributed by atoms with Crippen LogP contribution in [0.5, 0.6) is 0 Å². The molecule has 2 heterocycles. The van der Waals surface area contributed by atoms with Crippen LogP contribution in [0.1, 0.15) is 17.1 Å². The molecule has 0 atom stereocenters. The van der Waals surface area contributed by atoms with E-state index in [2.05, 4.69) is 10.1 Å². The molecule has 0 saturated carbocycles. The minimum atomic E-state index is -0.579. The average Bonchev–Trinajstić information content (AvgIpc) is 2.88. The van der Waals surface area contributed by atoms with Gasteiger partial charge < -0.3 is 0 Å². The van der Waals surface area contributed by atoms with Gasteiger partial charge in [-0.2, -0.15) is 15.6 Å². The van der Waals surface area contributed by atoms with E-state index in [0.29, 0.717) is 0 Å². The minimum absolute atomic E-state index is 0.0615. The smallest absolute Gasteiger partial charge is 0.267 e. The van der Waals surface area contributed by atoms with Crippen LogP contribution in [-0.2, 0) is 7.05 Å². The van der Waals surface area contributed by atoms with Gasteiger partial charge in [-0.25, -0.2) is 9.67 Å². The second-order valence-electron chi connectivity index (χ2n) is 3.67. The van der Waals surface area contributed by atoms with Crippen molar-refractivity contribution in [3.05, 3.63) is 33.5 Å². The Morgan fingerprint density at radius 1 is 1.42 bits per heavy atom. The number of imidazole rings is 1. The van der Waals surface area contributed by atoms with Crippen molar-refractivity contribution in [3.8, 4) is 18.0 Å². The van der Waals surface area contributed by atoms with E-state index >= 15 is 0 Å². The lowest BCUT2D eigenvalue weighted by Gasteiger charge is -2.02. The van der Waals surface area contributed by atoms with Gasteiger partial charge in [-0.05, 0) is 6.92 Å². The third-order valence-corrected chi connectivity index (χ3v) is 2.55. The fourth-order valence-corrected chi connectivity index (χ4v) is 1.82. The predicted molar refractivity (Wildman–Crippen MR) is 61.2 cm³/mol. The molecular formula is C10H7N7O2. The van der Waals surface area contributed by atoms with Gasteiger partial charge in [0.05, 0.1) is 4.92 Å². The molecule has 94 valence electrons. The first kappa shape index (κ1) is 12.3. The highest BCUT2D eigenvalue weighted by Gasteiger charge is 2.27. The van der Waals surface area contributed by atoms with Crippen LogP contribution in [0.15, 0.2) is 6.33 Å². The van der Waals surface area contributed by atoms with Crippen molar-refractivity contribution < 1.29 is 4.92 Å². The number of nitriles is 2. The molecular weight excluding hydrogens is 250 g/mol. The van der Waals surface area contributed by atoms with Gasteiger partial charge in [0.25, 0.3) is 0 Å². The molecule has 2 rings (SSSR count). The van der Waals surface area contributed by atoms with Gasteiger partial charge in [-0.15, -0.1) is 0 Å². The zero-order valence-corrected chi connectivity index (χ0v) is 10.0. The second-order valence-corrected chi connectivity index (χ2v) is 3.67. The van der Waals surface area contributed by atoms with Crippen molar-refractivity contribution in [3.63, 3.8) is 0 Å². The first-order valence-electron chi connectivity index (χ1n) is 5.07. The summed E-state index contributed by atoms with van der Waals surface area (Å²) in [5.74, 6) is 0.0908. The van der Waals surface area contributed by atoms with Crippen LogP contribution in [0.25, 0.3) is 5.82 Å². The molecule has 0 aliphatic heterocycles. The van der Waals surface area contributed by atoms with Crippen LogP contribution in [0.4, 0.5) is 5.69 Å². The van der Waals surface area contributed by atoms with Crippen LogP contribution in [0.3, 0.4) is 0 Å². The van der Waals surface area contributed by atoms with E-state index in [0.717, 1.165) is 0 Å². The fraction of sp³-hybridized carbons (Fsp3) is 0.200. The normalized spacial score (nSPS) is 9.89. The Bertz CT molecular complexity index is 756. The van der Waals surface area contributed by atoms with E-state index in [1.807, 2.05) is 6.07 Å². The lowest BCUT2D eigenvalue weighted by Crippen LogP contribution is -2.06. The lowest BCUT2D eigenvalue weighted by molar-refractivity contribution is -0.385. The highest BCUT2D eigenvalue weighted by atomic mass is 16.6. The quantitative estimate of drug-likeness (QED) is 0.571. The number of aryl methyl sites for hydroxylation is 2. The van der Waals surface area contributed by atoms with Crippen LogP contribution in [-0.4, -0.2) is 24.3 Å². The van der Waals surface area contributed by atoms with E-state index in [4.69, 9.17) is 10.5 Å². The van der Waals surface area contributed by atoms with Gasteiger partial charge >= 0.3 is 5.69 Å². The summed E-state index contributed by atoms with van der Waals surface area (Å²) in [6, 6.07) is 3.57. The molecule has 0 bridgehead atoms. The molecule has 0 N–H and O–H groups in total. The Morgan fingerprint density at radius 2 is 2.11 bits per heavy atom. The molecule has 0 spiro atoms. The maximum atomic E-state index is 11.1. The summed E-state index contributed by atoms with van der Waals surface area (Å²) < 4.78 is 2.47. The second kappa shape index (κ2) is 4.23. The van der Waals surface area contributed by atoms with Gasteiger partial charge in [-0.1, -0.05) is 0 Å². The van der Waals surface area contributed by atoms with Gasteiger partial charge in [-0.3, -0.25) is 14.7 Å². The van der Waals surface area contributed by atoms with Crippen LogP contribution in [0.2, 0.25) is 0 Å². The summed E-state index contributed by atoms with van der Waals surface area (Å²) in [6.45, 7) is 1.50. The van der Waals surface area contributed by atoms with Crippen LogP contribution in [0, 0.1) is 39.7 Å². The standard InChI is InChI=1S/C10H7N7O2/c1-6-9(17(18)19)10(15(2)14-6)16-5-13-7(3-11)8(16)4-12/h5H,1-2H3. The Balaban J connectivity index is 2.81. The number of hydrogen-bond donors (Lipinski definition) is 0. The van der Waals surface area contributed by atoms with Crippen molar-refractivity contribution >= 4 is 5.69 Å². The number of hydrogen-bond acceptors (Lipinski definition) is 6. The molecule has 0 saturated heterocycles. The molecule has 2 aromatic heterocycles. The maximum Gasteiger partial charge on any atom is 0.334 e.